The zero-order valence-corrected chi connectivity index (χ0v) is 20.3. The van der Waals surface area contributed by atoms with Crippen molar-refractivity contribution >= 4 is 27.5 Å². The number of likely N-dealkylation sites (tertiary alicyclic amines) is 1. The fraction of sp³-hybridized carbons (Fsp3) is 0.276. The number of allylic oxidation sites excluding steroid dienone is 1. The number of carbonyl (C=O) groups is 1. The number of nitrogens with zero attached hydrogens (tertiary/aromatic N) is 1. The van der Waals surface area contributed by atoms with Gasteiger partial charge in [-0.1, -0.05) is 94.8 Å². The molecule has 4 atom stereocenters. The lowest BCUT2D eigenvalue weighted by atomic mass is 9.57. The maximum atomic E-state index is 13.3. The summed E-state index contributed by atoms with van der Waals surface area (Å²) in [6, 6.07) is 29.0. The first-order valence-corrected chi connectivity index (χ1v) is 12.3. The number of rotatable bonds is 5. The summed E-state index contributed by atoms with van der Waals surface area (Å²) in [4.78, 5) is 15.6. The number of carboxylic acids is 1. The van der Waals surface area contributed by atoms with E-state index in [1.165, 1.54) is 11.1 Å². The Balaban J connectivity index is 1.64. The molecule has 5 rings (SSSR count). The maximum Gasteiger partial charge on any atom is 0.312 e. The minimum atomic E-state index is -0.882. The van der Waals surface area contributed by atoms with E-state index in [2.05, 4.69) is 82.4 Å². The Morgan fingerprint density at radius 2 is 1.64 bits per heavy atom. The summed E-state index contributed by atoms with van der Waals surface area (Å²) >= 11 is 3.54. The minimum Gasteiger partial charge on any atom is -0.481 e. The second-order valence-electron chi connectivity index (χ2n) is 9.32. The van der Waals surface area contributed by atoms with E-state index < -0.39 is 11.4 Å². The van der Waals surface area contributed by atoms with Crippen molar-refractivity contribution in [1.29, 1.82) is 0 Å². The van der Waals surface area contributed by atoms with E-state index >= 15 is 0 Å². The summed E-state index contributed by atoms with van der Waals surface area (Å²) < 4.78 is 1.03. The summed E-state index contributed by atoms with van der Waals surface area (Å²) in [7, 11) is 0. The molecule has 1 fully saturated rings. The molecule has 3 nitrogen and oxygen atoms in total. The monoisotopic (exact) mass is 501 g/mol. The molecule has 1 heterocycles. The number of benzene rings is 3. The van der Waals surface area contributed by atoms with Crippen LogP contribution in [0.5, 0.6) is 0 Å². The number of fused-ring (bicyclic) bond motifs is 1. The van der Waals surface area contributed by atoms with E-state index in [-0.39, 0.29) is 17.9 Å². The first-order valence-electron chi connectivity index (χ1n) is 11.5. The highest BCUT2D eigenvalue weighted by Crippen LogP contribution is 2.59. The lowest BCUT2D eigenvalue weighted by Gasteiger charge is -2.43. The molecule has 1 N–H and O–H groups in total. The first-order chi connectivity index (χ1) is 16.0. The molecule has 168 valence electrons. The van der Waals surface area contributed by atoms with Crippen molar-refractivity contribution in [3.05, 3.63) is 112 Å². The van der Waals surface area contributed by atoms with Crippen molar-refractivity contribution < 1.29 is 9.90 Å². The van der Waals surface area contributed by atoms with Gasteiger partial charge in [-0.15, -0.1) is 0 Å². The van der Waals surface area contributed by atoms with Gasteiger partial charge in [-0.05, 0) is 47.7 Å². The Bertz CT molecular complexity index is 1160. The summed E-state index contributed by atoms with van der Waals surface area (Å²) in [6.07, 6.45) is 3.03. The Kier molecular flexibility index (Phi) is 5.98. The van der Waals surface area contributed by atoms with Crippen LogP contribution in [-0.4, -0.2) is 28.6 Å². The van der Waals surface area contributed by atoms with E-state index in [0.717, 1.165) is 28.6 Å². The van der Waals surface area contributed by atoms with E-state index in [4.69, 9.17) is 0 Å². The van der Waals surface area contributed by atoms with Gasteiger partial charge in [0.1, 0.15) is 0 Å². The number of hydrogen-bond donors (Lipinski definition) is 1. The van der Waals surface area contributed by atoms with Gasteiger partial charge in [0, 0.05) is 35.4 Å². The largest absolute Gasteiger partial charge is 0.481 e. The molecule has 0 radical (unpaired) electrons. The van der Waals surface area contributed by atoms with Crippen LogP contribution in [-0.2, 0) is 11.3 Å². The van der Waals surface area contributed by atoms with Crippen molar-refractivity contribution in [1.82, 2.24) is 4.90 Å². The molecule has 0 aromatic heterocycles. The van der Waals surface area contributed by atoms with Gasteiger partial charge in [0.15, 0.2) is 0 Å². The molecule has 2 aliphatic rings. The molecule has 4 unspecified atom stereocenters. The summed E-state index contributed by atoms with van der Waals surface area (Å²) in [5, 5.41) is 10.9. The number of aliphatic carboxylic acids is 1. The van der Waals surface area contributed by atoms with Crippen molar-refractivity contribution in [2.24, 2.45) is 11.3 Å². The molecular weight excluding hydrogens is 474 g/mol. The maximum absolute atomic E-state index is 13.3. The second-order valence-corrected chi connectivity index (χ2v) is 10.2. The van der Waals surface area contributed by atoms with Crippen LogP contribution in [0.25, 0.3) is 5.57 Å². The van der Waals surface area contributed by atoms with Gasteiger partial charge < -0.3 is 5.11 Å². The third-order valence-corrected chi connectivity index (χ3v) is 8.14. The lowest BCUT2D eigenvalue weighted by molar-refractivity contribution is -0.151. The Morgan fingerprint density at radius 3 is 2.27 bits per heavy atom. The topological polar surface area (TPSA) is 40.5 Å². The molecule has 0 spiro atoms. The van der Waals surface area contributed by atoms with Crippen molar-refractivity contribution in [3.8, 4) is 0 Å². The smallest absolute Gasteiger partial charge is 0.312 e. The second kappa shape index (κ2) is 8.92. The van der Waals surface area contributed by atoms with Crippen molar-refractivity contribution in [2.45, 2.75) is 31.8 Å². The zero-order valence-electron chi connectivity index (χ0n) is 18.7. The van der Waals surface area contributed by atoms with Crippen LogP contribution in [0.15, 0.2) is 95.5 Å². The van der Waals surface area contributed by atoms with E-state index in [0.29, 0.717) is 6.54 Å². The van der Waals surface area contributed by atoms with Gasteiger partial charge in [-0.3, -0.25) is 9.69 Å². The third-order valence-electron chi connectivity index (χ3n) is 7.61. The van der Waals surface area contributed by atoms with Crippen molar-refractivity contribution in [2.75, 3.05) is 6.54 Å². The fourth-order valence-electron chi connectivity index (χ4n) is 6.09. The fourth-order valence-corrected chi connectivity index (χ4v) is 6.36. The van der Waals surface area contributed by atoms with Crippen LogP contribution in [0, 0.1) is 11.3 Å². The molecule has 0 bridgehead atoms. The van der Waals surface area contributed by atoms with Gasteiger partial charge in [-0.25, -0.2) is 0 Å². The SMILES string of the molecule is CC1C2C(c3ccc(Br)cc3)=CCC(c3ccccc3)C2(C(=O)O)CN1Cc1ccccc1. The van der Waals surface area contributed by atoms with Crippen LogP contribution < -0.4 is 0 Å². The first kappa shape index (κ1) is 22.1. The lowest BCUT2D eigenvalue weighted by Crippen LogP contribution is -2.47. The van der Waals surface area contributed by atoms with Gasteiger partial charge in [0.25, 0.3) is 0 Å². The Labute approximate surface area is 203 Å². The van der Waals surface area contributed by atoms with Gasteiger partial charge >= 0.3 is 5.97 Å². The molecule has 1 aliphatic carbocycles. The van der Waals surface area contributed by atoms with E-state index in [9.17, 15) is 9.90 Å². The summed E-state index contributed by atoms with van der Waals surface area (Å²) in [5.74, 6) is -0.853. The molecule has 4 heteroatoms. The standard InChI is InChI=1S/C29H28BrNO2/c1-20-27-25(22-12-14-24(30)15-13-22)16-17-26(23-10-6-3-7-11-23)29(27,28(32)33)19-31(20)18-21-8-4-2-5-9-21/h2-16,20,26-27H,17-19H2,1H3,(H,32,33). The average Bonchev–Trinajstić information content (AvgIpc) is 3.14. The van der Waals surface area contributed by atoms with E-state index in [1.807, 2.05) is 36.4 Å². The molecule has 3 aromatic rings. The predicted molar refractivity (Wildman–Crippen MR) is 136 cm³/mol. The molecular formula is C29H28BrNO2. The highest BCUT2D eigenvalue weighted by molar-refractivity contribution is 9.10. The predicted octanol–water partition coefficient (Wildman–Crippen LogP) is 6.61. The Morgan fingerprint density at radius 1 is 1.00 bits per heavy atom. The van der Waals surface area contributed by atoms with Crippen LogP contribution in [0.4, 0.5) is 0 Å². The molecule has 0 amide bonds. The normalized spacial score (nSPS) is 27.1. The molecule has 1 aliphatic heterocycles. The molecule has 0 saturated carbocycles. The van der Waals surface area contributed by atoms with Gasteiger partial charge in [0.2, 0.25) is 0 Å². The number of hydrogen-bond acceptors (Lipinski definition) is 2. The van der Waals surface area contributed by atoms with Crippen LogP contribution in [0.3, 0.4) is 0 Å². The van der Waals surface area contributed by atoms with Crippen LogP contribution >= 0.6 is 15.9 Å². The summed E-state index contributed by atoms with van der Waals surface area (Å²) in [5.41, 5.74) is 3.74. The minimum absolute atomic E-state index is 0.0661. The quantitative estimate of drug-likeness (QED) is 0.427. The average molecular weight is 502 g/mol. The van der Waals surface area contributed by atoms with Crippen molar-refractivity contribution in [3.63, 3.8) is 0 Å². The molecule has 3 aromatic carbocycles. The highest BCUT2D eigenvalue weighted by Gasteiger charge is 2.62. The van der Waals surface area contributed by atoms with Crippen LogP contribution in [0.1, 0.15) is 36.0 Å². The van der Waals surface area contributed by atoms with Gasteiger partial charge in [0.05, 0.1) is 5.41 Å². The number of carboxylic acid groups (broad SMARTS) is 1. The Hall–Kier alpha value is -2.69. The zero-order chi connectivity index (χ0) is 23.0. The molecule has 33 heavy (non-hydrogen) atoms. The number of halogens is 1. The van der Waals surface area contributed by atoms with Gasteiger partial charge in [-0.2, -0.15) is 0 Å². The van der Waals surface area contributed by atoms with Crippen LogP contribution in [0.2, 0.25) is 0 Å². The van der Waals surface area contributed by atoms with E-state index in [1.54, 1.807) is 0 Å². The third kappa shape index (κ3) is 3.85. The summed E-state index contributed by atoms with van der Waals surface area (Å²) in [6.45, 7) is 3.50. The molecule has 1 saturated heterocycles. The highest BCUT2D eigenvalue weighted by atomic mass is 79.9.